The second-order valence-electron chi connectivity index (χ2n) is 3.74. The molecule has 5 atom stereocenters. The molecule has 0 aromatic carbocycles. The van der Waals surface area contributed by atoms with E-state index in [4.69, 9.17) is 20.3 Å². The molecule has 0 bridgehead atoms. The molecule has 0 saturated carbocycles. The molecule has 1 heterocycles. The summed E-state index contributed by atoms with van der Waals surface area (Å²) in [7, 11) is 1.39. The van der Waals surface area contributed by atoms with E-state index in [9.17, 15) is 9.90 Å². The summed E-state index contributed by atoms with van der Waals surface area (Å²) in [5.74, 6) is -0.319. The van der Waals surface area contributed by atoms with Crippen LogP contribution >= 0.6 is 0 Å². The summed E-state index contributed by atoms with van der Waals surface area (Å²) in [5, 5.41) is 21.5. The van der Waals surface area contributed by atoms with E-state index in [0.29, 0.717) is 0 Å². The second-order valence-corrected chi connectivity index (χ2v) is 3.74. The molecule has 0 aromatic rings. The Morgan fingerprint density at radius 3 is 2.69 bits per heavy atom. The van der Waals surface area contributed by atoms with Crippen molar-refractivity contribution in [2.45, 2.75) is 37.5 Å². The molecule has 7 heteroatoms. The fourth-order valence-electron chi connectivity index (χ4n) is 1.82. The molecule has 1 fully saturated rings. The molecular weight excluding hydrogens is 216 g/mol. The van der Waals surface area contributed by atoms with Gasteiger partial charge < -0.3 is 30.7 Å². The third-order valence-corrected chi connectivity index (χ3v) is 2.58. The van der Waals surface area contributed by atoms with Crippen molar-refractivity contribution < 1.29 is 24.5 Å². The van der Waals surface area contributed by atoms with Crippen LogP contribution in [0.3, 0.4) is 0 Å². The number of amides is 1. The maximum atomic E-state index is 10.9. The van der Waals surface area contributed by atoms with E-state index < -0.39 is 30.6 Å². The molecule has 1 rings (SSSR count). The third-order valence-electron chi connectivity index (χ3n) is 2.58. The lowest BCUT2D eigenvalue weighted by Gasteiger charge is -2.42. The minimum atomic E-state index is -1.02. The number of aliphatic hydroxyl groups is 2. The van der Waals surface area contributed by atoms with Crippen molar-refractivity contribution in [3.8, 4) is 0 Å². The minimum absolute atomic E-state index is 0.309. The maximum Gasteiger partial charge on any atom is 0.217 e. The van der Waals surface area contributed by atoms with Crippen LogP contribution in [-0.2, 0) is 14.3 Å². The van der Waals surface area contributed by atoms with Gasteiger partial charge in [-0.2, -0.15) is 0 Å². The van der Waals surface area contributed by atoms with Crippen molar-refractivity contribution in [1.29, 1.82) is 0 Å². The monoisotopic (exact) mass is 234 g/mol. The lowest BCUT2D eigenvalue weighted by Crippen LogP contribution is -2.66. The Morgan fingerprint density at radius 1 is 1.62 bits per heavy atom. The lowest BCUT2D eigenvalue weighted by molar-refractivity contribution is -0.202. The quantitative estimate of drug-likeness (QED) is 0.431. The number of methoxy groups -OCH3 is 1. The van der Waals surface area contributed by atoms with Gasteiger partial charge in [0.2, 0.25) is 5.91 Å². The molecule has 16 heavy (non-hydrogen) atoms. The normalized spacial score (nSPS) is 39.4. The number of carbonyl (C=O) groups is 1. The van der Waals surface area contributed by atoms with Crippen LogP contribution < -0.4 is 11.1 Å². The van der Waals surface area contributed by atoms with Gasteiger partial charge in [0.15, 0.2) is 0 Å². The van der Waals surface area contributed by atoms with E-state index in [1.54, 1.807) is 0 Å². The fourth-order valence-corrected chi connectivity index (χ4v) is 1.82. The summed E-state index contributed by atoms with van der Waals surface area (Å²) in [5.41, 5.74) is 5.64. The number of nitrogens with two attached hydrogens (primary N) is 1. The van der Waals surface area contributed by atoms with Crippen LogP contribution in [0.5, 0.6) is 0 Å². The van der Waals surface area contributed by atoms with Crippen LogP contribution in [-0.4, -0.2) is 60.4 Å². The average molecular weight is 234 g/mol. The number of hydrogen-bond donors (Lipinski definition) is 4. The zero-order valence-corrected chi connectivity index (χ0v) is 9.29. The average Bonchev–Trinajstić information content (AvgIpc) is 2.23. The number of aliphatic hydroxyl groups excluding tert-OH is 2. The van der Waals surface area contributed by atoms with Crippen molar-refractivity contribution in [3.05, 3.63) is 0 Å². The predicted octanol–water partition coefficient (Wildman–Crippen LogP) is -2.46. The van der Waals surface area contributed by atoms with Crippen LogP contribution in [0, 0.1) is 0 Å². The first kappa shape index (κ1) is 13.3. The number of carbonyl (C=O) groups excluding carboxylic acids is 1. The summed E-state index contributed by atoms with van der Waals surface area (Å²) in [6.45, 7) is 1.01. The number of nitrogens with one attached hydrogen (secondary N) is 1. The molecule has 3 unspecified atom stereocenters. The summed E-state index contributed by atoms with van der Waals surface area (Å²) >= 11 is 0. The first-order valence-electron chi connectivity index (χ1n) is 5.01. The zero-order chi connectivity index (χ0) is 12.3. The highest BCUT2D eigenvalue weighted by Crippen LogP contribution is 2.20. The molecule has 1 aliphatic rings. The molecule has 0 aromatic heterocycles. The molecule has 5 N–H and O–H groups in total. The summed E-state index contributed by atoms with van der Waals surface area (Å²) in [4.78, 5) is 10.9. The SMILES string of the molecule is CO[C@@H]1C(CO)O[C@@H](N)C(NC(C)=O)C1O. The maximum absolute atomic E-state index is 10.9. The second kappa shape index (κ2) is 5.55. The Kier molecular flexibility index (Phi) is 4.63. The Balaban J connectivity index is 2.76. The van der Waals surface area contributed by atoms with Crippen molar-refractivity contribution in [3.63, 3.8) is 0 Å². The molecule has 1 aliphatic heterocycles. The Hall–Kier alpha value is -0.730. The first-order chi connectivity index (χ1) is 7.51. The van der Waals surface area contributed by atoms with Gasteiger partial charge in [-0.05, 0) is 0 Å². The van der Waals surface area contributed by atoms with E-state index in [0.717, 1.165) is 0 Å². The predicted molar refractivity (Wildman–Crippen MR) is 54.3 cm³/mol. The van der Waals surface area contributed by atoms with Crippen molar-refractivity contribution >= 4 is 5.91 Å². The van der Waals surface area contributed by atoms with E-state index in [1.807, 2.05) is 0 Å². The van der Waals surface area contributed by atoms with Gasteiger partial charge in [0.1, 0.15) is 24.5 Å². The molecule has 0 aliphatic carbocycles. The highest BCUT2D eigenvalue weighted by atomic mass is 16.6. The van der Waals surface area contributed by atoms with E-state index in [1.165, 1.54) is 14.0 Å². The highest BCUT2D eigenvalue weighted by Gasteiger charge is 2.44. The standard InChI is InChI=1S/C9H18N2O5/c1-4(13)11-6-7(14)8(15-2)5(3-12)16-9(6)10/h5-9,12,14H,3,10H2,1-2H3,(H,11,13)/t5?,6?,7?,8-,9-/m1/s1. The fraction of sp³-hybridized carbons (Fsp3) is 0.889. The van der Waals surface area contributed by atoms with Crippen molar-refractivity contribution in [1.82, 2.24) is 5.32 Å². The van der Waals surface area contributed by atoms with Gasteiger partial charge in [-0.15, -0.1) is 0 Å². The topological polar surface area (TPSA) is 114 Å². The van der Waals surface area contributed by atoms with Gasteiger partial charge in [0, 0.05) is 14.0 Å². The Labute approximate surface area is 93.5 Å². The molecule has 1 amide bonds. The summed E-state index contributed by atoms with van der Waals surface area (Å²) in [6.07, 6.45) is -3.31. The number of rotatable bonds is 3. The van der Waals surface area contributed by atoms with E-state index >= 15 is 0 Å². The zero-order valence-electron chi connectivity index (χ0n) is 9.29. The van der Waals surface area contributed by atoms with Gasteiger partial charge in [-0.1, -0.05) is 0 Å². The van der Waals surface area contributed by atoms with Crippen LogP contribution in [0.1, 0.15) is 6.92 Å². The van der Waals surface area contributed by atoms with Crippen LogP contribution in [0.15, 0.2) is 0 Å². The van der Waals surface area contributed by atoms with E-state index in [-0.39, 0.29) is 12.5 Å². The molecule has 0 spiro atoms. The third kappa shape index (κ3) is 2.69. The van der Waals surface area contributed by atoms with Gasteiger partial charge in [0.25, 0.3) is 0 Å². The first-order valence-corrected chi connectivity index (χ1v) is 5.01. The van der Waals surface area contributed by atoms with Crippen LogP contribution in [0.25, 0.3) is 0 Å². The molecular formula is C9H18N2O5. The largest absolute Gasteiger partial charge is 0.394 e. The van der Waals surface area contributed by atoms with Gasteiger partial charge >= 0.3 is 0 Å². The van der Waals surface area contributed by atoms with Crippen LogP contribution in [0.4, 0.5) is 0 Å². The van der Waals surface area contributed by atoms with E-state index in [2.05, 4.69) is 5.32 Å². The van der Waals surface area contributed by atoms with Gasteiger partial charge in [0.05, 0.1) is 12.6 Å². The molecule has 7 nitrogen and oxygen atoms in total. The van der Waals surface area contributed by atoms with Gasteiger partial charge in [-0.25, -0.2) is 0 Å². The molecule has 1 saturated heterocycles. The minimum Gasteiger partial charge on any atom is -0.394 e. The number of ether oxygens (including phenoxy) is 2. The van der Waals surface area contributed by atoms with Crippen molar-refractivity contribution in [2.24, 2.45) is 5.73 Å². The Morgan fingerprint density at radius 2 is 2.25 bits per heavy atom. The van der Waals surface area contributed by atoms with Crippen LogP contribution in [0.2, 0.25) is 0 Å². The number of hydrogen-bond acceptors (Lipinski definition) is 6. The molecule has 94 valence electrons. The summed E-state index contributed by atoms with van der Waals surface area (Å²) in [6, 6.07) is -0.745. The van der Waals surface area contributed by atoms with Gasteiger partial charge in [-0.3, -0.25) is 4.79 Å². The smallest absolute Gasteiger partial charge is 0.217 e. The Bertz CT molecular complexity index is 250. The summed E-state index contributed by atoms with van der Waals surface area (Å²) < 4.78 is 10.3. The highest BCUT2D eigenvalue weighted by molar-refractivity contribution is 5.73. The molecule has 0 radical (unpaired) electrons. The lowest BCUT2D eigenvalue weighted by atomic mass is 9.96. The van der Waals surface area contributed by atoms with Crippen molar-refractivity contribution in [2.75, 3.05) is 13.7 Å².